The molecule has 0 unspecified atom stereocenters. The highest BCUT2D eigenvalue weighted by Crippen LogP contribution is 2.38. The van der Waals surface area contributed by atoms with E-state index in [-0.39, 0.29) is 6.42 Å². The Kier molecular flexibility index (Phi) is 6.40. The van der Waals surface area contributed by atoms with Gasteiger partial charge in [-0.2, -0.15) is 22.0 Å². The molecule has 0 aliphatic carbocycles. The van der Waals surface area contributed by atoms with Crippen molar-refractivity contribution in [2.24, 2.45) is 0 Å². The summed E-state index contributed by atoms with van der Waals surface area (Å²) in [5.41, 5.74) is 0. The lowest BCUT2D eigenvalue weighted by molar-refractivity contribution is -0.283. The van der Waals surface area contributed by atoms with Crippen LogP contribution in [0.15, 0.2) is 12.2 Å². The molecule has 0 N–H and O–H groups in total. The molecule has 0 nitrogen and oxygen atoms in total. The molecule has 6 heteroatoms. The first-order valence-electron chi connectivity index (χ1n) is 4.47. The van der Waals surface area contributed by atoms with Crippen molar-refractivity contribution in [1.82, 2.24) is 0 Å². The van der Waals surface area contributed by atoms with E-state index in [1.807, 2.05) is 0 Å². The number of halogens is 6. The topological polar surface area (TPSA) is 0 Å². The molecule has 0 heterocycles. The molecule has 0 rings (SSSR count). The molecule has 0 spiro atoms. The second-order valence-electron chi connectivity index (χ2n) is 3.04. The predicted molar refractivity (Wildman–Crippen MR) is 52.4 cm³/mol. The van der Waals surface area contributed by atoms with Gasteiger partial charge in [0, 0.05) is 11.8 Å². The van der Waals surface area contributed by atoms with Crippen LogP contribution in [0.1, 0.15) is 25.7 Å². The fourth-order valence-electron chi connectivity index (χ4n) is 0.837. The number of rotatable bonds is 6. The van der Waals surface area contributed by atoms with Gasteiger partial charge in [-0.05, 0) is 19.3 Å². The van der Waals surface area contributed by atoms with Gasteiger partial charge in [-0.1, -0.05) is 28.1 Å². The fourth-order valence-corrected chi connectivity index (χ4v) is 1.16. The van der Waals surface area contributed by atoms with Crippen LogP contribution < -0.4 is 0 Å². The van der Waals surface area contributed by atoms with E-state index in [4.69, 9.17) is 0 Å². The van der Waals surface area contributed by atoms with Gasteiger partial charge in [0.15, 0.2) is 0 Å². The van der Waals surface area contributed by atoms with E-state index in [1.54, 1.807) is 6.08 Å². The molecule has 0 aliphatic heterocycles. The third-order valence-electron chi connectivity index (χ3n) is 1.71. The van der Waals surface area contributed by atoms with Crippen LogP contribution in [-0.4, -0.2) is 17.4 Å². The number of alkyl halides is 6. The number of hydrogen-bond acceptors (Lipinski definition) is 0. The second-order valence-corrected chi connectivity index (χ2v) is 3.84. The van der Waals surface area contributed by atoms with Gasteiger partial charge in [0.25, 0.3) is 0 Å². The van der Waals surface area contributed by atoms with Crippen molar-refractivity contribution in [2.45, 2.75) is 37.8 Å². The Morgan fingerprint density at radius 3 is 1.93 bits per heavy atom. The van der Waals surface area contributed by atoms with Crippen molar-refractivity contribution in [3.05, 3.63) is 12.2 Å². The highest BCUT2D eigenvalue weighted by molar-refractivity contribution is 9.09. The number of hydrogen-bond donors (Lipinski definition) is 0. The fraction of sp³-hybridized carbons (Fsp3) is 0.778. The van der Waals surface area contributed by atoms with E-state index in [9.17, 15) is 22.0 Å². The van der Waals surface area contributed by atoms with Crippen molar-refractivity contribution >= 4 is 15.9 Å². The lowest BCUT2D eigenvalue weighted by Crippen LogP contribution is -2.35. The van der Waals surface area contributed by atoms with E-state index in [0.29, 0.717) is 6.42 Å². The summed E-state index contributed by atoms with van der Waals surface area (Å²) in [6.45, 7) is 0. The standard InChI is InChI=1S/C9H12BrF5/c10-7-5-3-1-2-4-6-8(11,12)9(13,14)15/h1-2H,3-7H2/b2-1-. The van der Waals surface area contributed by atoms with Gasteiger partial charge in [0.05, 0.1) is 0 Å². The molecule has 0 aromatic heterocycles. The largest absolute Gasteiger partial charge is 0.453 e. The molecule has 90 valence electrons. The normalized spacial score (nSPS) is 13.7. The average Bonchev–Trinajstić information content (AvgIpc) is 2.09. The van der Waals surface area contributed by atoms with Gasteiger partial charge >= 0.3 is 12.1 Å². The molecule has 0 amide bonds. The maximum atomic E-state index is 12.3. The molecular weight excluding hydrogens is 283 g/mol. The quantitative estimate of drug-likeness (QED) is 0.288. The van der Waals surface area contributed by atoms with E-state index in [0.717, 1.165) is 11.8 Å². The van der Waals surface area contributed by atoms with Crippen LogP contribution in [0.25, 0.3) is 0 Å². The van der Waals surface area contributed by atoms with Crippen LogP contribution in [0.2, 0.25) is 0 Å². The zero-order chi connectivity index (χ0) is 11.9. The number of unbranched alkanes of at least 4 members (excludes halogenated alkanes) is 1. The van der Waals surface area contributed by atoms with Crippen LogP contribution in [0.5, 0.6) is 0 Å². The Labute approximate surface area is 93.7 Å². The molecule has 15 heavy (non-hydrogen) atoms. The average molecular weight is 295 g/mol. The summed E-state index contributed by atoms with van der Waals surface area (Å²) >= 11 is 3.17. The molecule has 0 saturated carbocycles. The molecule has 0 aromatic carbocycles. The van der Waals surface area contributed by atoms with Crippen molar-refractivity contribution in [1.29, 1.82) is 0 Å². The Bertz CT molecular complexity index is 197. The van der Waals surface area contributed by atoms with Gasteiger partial charge in [-0.15, -0.1) is 0 Å². The van der Waals surface area contributed by atoms with Crippen LogP contribution >= 0.6 is 15.9 Å². The van der Waals surface area contributed by atoms with Gasteiger partial charge in [-0.25, -0.2) is 0 Å². The van der Waals surface area contributed by atoms with Crippen molar-refractivity contribution < 1.29 is 22.0 Å². The van der Waals surface area contributed by atoms with Crippen LogP contribution in [0, 0.1) is 0 Å². The lowest BCUT2D eigenvalue weighted by atomic mass is 10.1. The van der Waals surface area contributed by atoms with Gasteiger partial charge in [0.1, 0.15) is 0 Å². The zero-order valence-electron chi connectivity index (χ0n) is 7.96. The minimum absolute atomic E-state index is 0.255. The minimum atomic E-state index is -5.43. The maximum absolute atomic E-state index is 12.3. The van der Waals surface area contributed by atoms with Gasteiger partial charge in [0.2, 0.25) is 0 Å². The summed E-state index contributed by atoms with van der Waals surface area (Å²) in [6.07, 6.45) is -2.36. The van der Waals surface area contributed by atoms with E-state index in [1.165, 1.54) is 6.08 Å². The van der Waals surface area contributed by atoms with Crippen LogP contribution in [0.3, 0.4) is 0 Å². The monoisotopic (exact) mass is 294 g/mol. The lowest BCUT2D eigenvalue weighted by Gasteiger charge is -2.18. The number of allylic oxidation sites excluding steroid dienone is 2. The summed E-state index contributed by atoms with van der Waals surface area (Å²) in [7, 11) is 0. The summed E-state index contributed by atoms with van der Waals surface area (Å²) < 4.78 is 59.7. The molecule has 0 aromatic rings. The molecule has 0 bridgehead atoms. The summed E-state index contributed by atoms with van der Waals surface area (Å²) in [5, 5.41) is 0.788. The molecule has 0 radical (unpaired) electrons. The first-order chi connectivity index (χ1) is 6.81. The molecule has 0 fully saturated rings. The second kappa shape index (κ2) is 6.45. The molecule has 0 atom stereocenters. The zero-order valence-corrected chi connectivity index (χ0v) is 9.54. The summed E-state index contributed by atoms with van der Waals surface area (Å²) in [5.74, 6) is -4.58. The third kappa shape index (κ3) is 6.12. The molecule has 0 aliphatic rings. The van der Waals surface area contributed by atoms with Crippen molar-refractivity contribution in [2.75, 3.05) is 5.33 Å². The molecule has 0 saturated heterocycles. The van der Waals surface area contributed by atoms with Crippen LogP contribution in [-0.2, 0) is 0 Å². The molecular formula is C9H12BrF5. The Balaban J connectivity index is 3.80. The van der Waals surface area contributed by atoms with Crippen molar-refractivity contribution in [3.63, 3.8) is 0 Å². The van der Waals surface area contributed by atoms with Crippen LogP contribution in [0.4, 0.5) is 22.0 Å². The smallest absolute Gasteiger partial charge is 0.196 e. The Morgan fingerprint density at radius 2 is 1.47 bits per heavy atom. The maximum Gasteiger partial charge on any atom is 0.453 e. The van der Waals surface area contributed by atoms with E-state index < -0.39 is 18.5 Å². The third-order valence-corrected chi connectivity index (χ3v) is 2.27. The minimum Gasteiger partial charge on any atom is -0.196 e. The highest BCUT2D eigenvalue weighted by atomic mass is 79.9. The first-order valence-corrected chi connectivity index (χ1v) is 5.59. The highest BCUT2D eigenvalue weighted by Gasteiger charge is 2.56. The first kappa shape index (κ1) is 14.9. The SMILES string of the molecule is FC(F)(F)C(F)(F)CC/C=C\CCCBr. The summed E-state index contributed by atoms with van der Waals surface area (Å²) in [4.78, 5) is 0. The Hall–Kier alpha value is -0.130. The van der Waals surface area contributed by atoms with Crippen molar-refractivity contribution in [3.8, 4) is 0 Å². The van der Waals surface area contributed by atoms with E-state index in [2.05, 4.69) is 15.9 Å². The van der Waals surface area contributed by atoms with Gasteiger partial charge in [-0.3, -0.25) is 0 Å². The van der Waals surface area contributed by atoms with E-state index >= 15 is 0 Å². The Morgan fingerprint density at radius 1 is 0.933 bits per heavy atom. The summed E-state index contributed by atoms with van der Waals surface area (Å²) in [6, 6.07) is 0. The predicted octanol–water partition coefficient (Wildman–Crippen LogP) is 4.70. The van der Waals surface area contributed by atoms with Gasteiger partial charge < -0.3 is 0 Å².